The van der Waals surface area contributed by atoms with Gasteiger partial charge in [-0.25, -0.2) is 0 Å². The van der Waals surface area contributed by atoms with E-state index in [9.17, 15) is 4.79 Å². The van der Waals surface area contributed by atoms with Crippen LogP contribution in [0, 0.1) is 6.92 Å². The molecule has 4 rings (SSSR count). The molecule has 1 aromatic heterocycles. The number of carbonyl (C=O) groups excluding carboxylic acids is 1. The third-order valence-electron chi connectivity index (χ3n) is 4.69. The number of hydrogen-bond donors (Lipinski definition) is 0. The van der Waals surface area contributed by atoms with Gasteiger partial charge in [0.15, 0.2) is 0 Å². The fourth-order valence-electron chi connectivity index (χ4n) is 3.21. The number of anilines is 1. The van der Waals surface area contributed by atoms with Crippen molar-refractivity contribution in [2.45, 2.75) is 6.92 Å². The monoisotopic (exact) mass is 426 g/mol. The summed E-state index contributed by atoms with van der Waals surface area (Å²) in [7, 11) is 0. The molecule has 0 aliphatic carbocycles. The summed E-state index contributed by atoms with van der Waals surface area (Å²) in [6, 6.07) is 15.7. The Morgan fingerprint density at radius 3 is 2.37 bits per heavy atom. The Hall–Kier alpha value is -2.67. The molecule has 0 radical (unpaired) electrons. The highest BCUT2D eigenvalue weighted by Gasteiger charge is 2.23. The van der Waals surface area contributed by atoms with Crippen molar-refractivity contribution in [3.63, 3.8) is 0 Å². The van der Waals surface area contributed by atoms with Crippen LogP contribution in [0.15, 0.2) is 57.5 Å². The van der Waals surface area contributed by atoms with E-state index in [1.54, 1.807) is 6.92 Å². The largest absolute Gasteiger partial charge is 0.368 e. The van der Waals surface area contributed by atoms with Crippen molar-refractivity contribution in [3.05, 3.63) is 64.5 Å². The van der Waals surface area contributed by atoms with E-state index in [0.29, 0.717) is 30.4 Å². The molecular weight excluding hydrogens is 408 g/mol. The highest BCUT2D eigenvalue weighted by molar-refractivity contribution is 9.10. The first kappa shape index (κ1) is 17.7. The fraction of sp³-hybridized carbons (Fsp3) is 0.250. The van der Waals surface area contributed by atoms with Gasteiger partial charge in [-0.05, 0) is 52.3 Å². The van der Waals surface area contributed by atoms with Crippen LogP contribution in [0.1, 0.15) is 16.2 Å². The van der Waals surface area contributed by atoms with Gasteiger partial charge in [0.25, 0.3) is 5.91 Å². The molecule has 1 aliphatic rings. The fourth-order valence-corrected chi connectivity index (χ4v) is 3.66. The van der Waals surface area contributed by atoms with Gasteiger partial charge in [0.2, 0.25) is 11.7 Å². The van der Waals surface area contributed by atoms with E-state index in [-0.39, 0.29) is 5.91 Å². The lowest BCUT2D eigenvalue weighted by Crippen LogP contribution is -2.48. The predicted molar refractivity (Wildman–Crippen MR) is 107 cm³/mol. The molecule has 1 fully saturated rings. The average molecular weight is 427 g/mol. The van der Waals surface area contributed by atoms with Crippen LogP contribution in [0.3, 0.4) is 0 Å². The molecule has 0 unspecified atom stereocenters. The van der Waals surface area contributed by atoms with Crippen LogP contribution >= 0.6 is 15.9 Å². The Balaban J connectivity index is 1.40. The molecule has 2 heterocycles. The second-order valence-electron chi connectivity index (χ2n) is 6.44. The standard InChI is InChI=1S/C20H19BrN4O2/c1-14-22-19(23-27-14)15-6-8-16(9-7-15)24-10-12-25(13-11-24)20(26)17-4-2-3-5-18(17)21/h2-9H,10-13H2,1H3. The number of carbonyl (C=O) groups is 1. The van der Waals surface area contributed by atoms with E-state index < -0.39 is 0 Å². The smallest absolute Gasteiger partial charge is 0.255 e. The minimum atomic E-state index is 0.0740. The normalized spacial score (nSPS) is 14.4. The van der Waals surface area contributed by atoms with E-state index in [2.05, 4.69) is 43.1 Å². The van der Waals surface area contributed by atoms with Gasteiger partial charge in [-0.3, -0.25) is 4.79 Å². The molecule has 0 bridgehead atoms. The van der Waals surface area contributed by atoms with Crippen LogP contribution in [-0.4, -0.2) is 47.1 Å². The minimum Gasteiger partial charge on any atom is -0.368 e. The number of amides is 1. The second-order valence-corrected chi connectivity index (χ2v) is 7.30. The van der Waals surface area contributed by atoms with Gasteiger partial charge >= 0.3 is 0 Å². The molecule has 0 atom stereocenters. The molecule has 0 saturated carbocycles. The van der Waals surface area contributed by atoms with Crippen molar-refractivity contribution in [1.29, 1.82) is 0 Å². The minimum absolute atomic E-state index is 0.0740. The first-order valence-corrected chi connectivity index (χ1v) is 9.60. The van der Waals surface area contributed by atoms with Crippen molar-refractivity contribution in [2.75, 3.05) is 31.1 Å². The first-order valence-electron chi connectivity index (χ1n) is 8.81. The summed E-state index contributed by atoms with van der Waals surface area (Å²) in [6.07, 6.45) is 0. The molecule has 2 aromatic carbocycles. The predicted octanol–water partition coefficient (Wildman–Crippen LogP) is 3.77. The van der Waals surface area contributed by atoms with E-state index >= 15 is 0 Å². The molecule has 1 saturated heterocycles. The van der Waals surface area contributed by atoms with Crippen molar-refractivity contribution >= 4 is 27.5 Å². The van der Waals surface area contributed by atoms with Crippen LogP contribution in [-0.2, 0) is 0 Å². The average Bonchev–Trinajstić information content (AvgIpc) is 3.14. The number of aryl methyl sites for hydroxylation is 1. The quantitative estimate of drug-likeness (QED) is 0.637. The molecule has 0 spiro atoms. The molecule has 6 nitrogen and oxygen atoms in total. The summed E-state index contributed by atoms with van der Waals surface area (Å²) in [5, 5.41) is 3.95. The van der Waals surface area contributed by atoms with E-state index in [4.69, 9.17) is 4.52 Å². The van der Waals surface area contributed by atoms with Crippen LogP contribution in [0.5, 0.6) is 0 Å². The molecular formula is C20H19BrN4O2. The summed E-state index contributed by atoms with van der Waals surface area (Å²) in [4.78, 5) is 21.2. The Morgan fingerprint density at radius 2 is 1.74 bits per heavy atom. The first-order chi connectivity index (χ1) is 13.1. The Morgan fingerprint density at radius 1 is 1.04 bits per heavy atom. The van der Waals surface area contributed by atoms with Gasteiger partial charge in [-0.2, -0.15) is 4.98 Å². The van der Waals surface area contributed by atoms with E-state index in [1.807, 2.05) is 41.3 Å². The zero-order valence-electron chi connectivity index (χ0n) is 14.9. The number of benzene rings is 2. The Labute approximate surface area is 165 Å². The molecule has 1 aliphatic heterocycles. The number of hydrogen-bond acceptors (Lipinski definition) is 5. The lowest BCUT2D eigenvalue weighted by molar-refractivity contribution is 0.0746. The molecule has 27 heavy (non-hydrogen) atoms. The number of piperazine rings is 1. The lowest BCUT2D eigenvalue weighted by atomic mass is 10.1. The molecule has 0 N–H and O–H groups in total. The van der Waals surface area contributed by atoms with Crippen molar-refractivity contribution in [3.8, 4) is 11.4 Å². The summed E-state index contributed by atoms with van der Waals surface area (Å²) in [5.74, 6) is 1.23. The summed E-state index contributed by atoms with van der Waals surface area (Å²) in [5.41, 5.74) is 2.77. The molecule has 7 heteroatoms. The zero-order valence-corrected chi connectivity index (χ0v) is 16.5. The van der Waals surface area contributed by atoms with Gasteiger partial charge in [0.1, 0.15) is 0 Å². The maximum absolute atomic E-state index is 12.7. The van der Waals surface area contributed by atoms with Gasteiger partial charge in [-0.15, -0.1) is 0 Å². The molecule has 3 aromatic rings. The highest BCUT2D eigenvalue weighted by atomic mass is 79.9. The summed E-state index contributed by atoms with van der Waals surface area (Å²) >= 11 is 3.46. The van der Waals surface area contributed by atoms with Gasteiger partial charge in [0.05, 0.1) is 5.56 Å². The Bertz CT molecular complexity index is 947. The van der Waals surface area contributed by atoms with Crippen molar-refractivity contribution in [2.24, 2.45) is 0 Å². The number of aromatic nitrogens is 2. The van der Waals surface area contributed by atoms with Crippen LogP contribution < -0.4 is 4.90 Å². The number of rotatable bonds is 3. The van der Waals surface area contributed by atoms with Crippen molar-refractivity contribution < 1.29 is 9.32 Å². The second kappa shape index (κ2) is 7.52. The lowest BCUT2D eigenvalue weighted by Gasteiger charge is -2.36. The van der Waals surface area contributed by atoms with Crippen LogP contribution in [0.2, 0.25) is 0 Å². The van der Waals surface area contributed by atoms with Gasteiger partial charge in [0, 0.05) is 48.8 Å². The zero-order chi connectivity index (χ0) is 18.8. The Kier molecular flexibility index (Phi) is 4.94. The third-order valence-corrected chi connectivity index (χ3v) is 5.38. The van der Waals surface area contributed by atoms with Crippen molar-refractivity contribution in [1.82, 2.24) is 15.0 Å². The summed E-state index contributed by atoms with van der Waals surface area (Å²) in [6.45, 7) is 4.78. The van der Waals surface area contributed by atoms with E-state index in [0.717, 1.165) is 28.8 Å². The van der Waals surface area contributed by atoms with Gasteiger partial charge in [-0.1, -0.05) is 17.3 Å². The summed E-state index contributed by atoms with van der Waals surface area (Å²) < 4.78 is 5.87. The highest BCUT2D eigenvalue weighted by Crippen LogP contribution is 2.23. The van der Waals surface area contributed by atoms with E-state index in [1.165, 1.54) is 0 Å². The van der Waals surface area contributed by atoms with Crippen LogP contribution in [0.4, 0.5) is 5.69 Å². The maximum atomic E-state index is 12.7. The molecule has 1 amide bonds. The number of nitrogens with zero attached hydrogens (tertiary/aromatic N) is 4. The van der Waals surface area contributed by atoms with Crippen LogP contribution in [0.25, 0.3) is 11.4 Å². The molecule has 138 valence electrons. The maximum Gasteiger partial charge on any atom is 0.255 e. The van der Waals surface area contributed by atoms with Gasteiger partial charge < -0.3 is 14.3 Å². The SMILES string of the molecule is Cc1nc(-c2ccc(N3CCN(C(=O)c4ccccc4Br)CC3)cc2)no1. The third kappa shape index (κ3) is 3.73. The topological polar surface area (TPSA) is 62.5 Å². The number of halogens is 1.